The van der Waals surface area contributed by atoms with Gasteiger partial charge in [0.15, 0.2) is 5.78 Å². The number of rotatable bonds is 4. The monoisotopic (exact) mass is 350 g/mol. The Morgan fingerprint density at radius 1 is 1.28 bits per heavy atom. The third-order valence-electron chi connectivity index (χ3n) is 3.62. The average molecular weight is 350 g/mol. The fourth-order valence-electron chi connectivity index (χ4n) is 2.44. The minimum absolute atomic E-state index is 0.0437. The second-order valence-corrected chi connectivity index (χ2v) is 6.76. The van der Waals surface area contributed by atoms with Crippen molar-refractivity contribution < 1.29 is 24.2 Å². The molecule has 0 saturated carbocycles. The van der Waals surface area contributed by atoms with Crippen LogP contribution in [-0.2, 0) is 9.53 Å². The predicted molar refractivity (Wildman–Crippen MR) is 87.2 cm³/mol. The number of ketones is 1. The van der Waals surface area contributed by atoms with Crippen molar-refractivity contribution in [1.29, 1.82) is 0 Å². The van der Waals surface area contributed by atoms with Gasteiger partial charge in [0.05, 0.1) is 19.3 Å². The lowest BCUT2D eigenvalue weighted by Crippen LogP contribution is -2.59. The fourth-order valence-corrected chi connectivity index (χ4v) is 2.44. The number of carboxylic acids is 1. The summed E-state index contributed by atoms with van der Waals surface area (Å²) in [7, 11) is 0. The van der Waals surface area contributed by atoms with Crippen molar-refractivity contribution in [2.24, 2.45) is 0 Å². The number of aliphatic carboxylic acids is 1. The van der Waals surface area contributed by atoms with Crippen molar-refractivity contribution in [3.63, 3.8) is 0 Å². The molecule has 1 aromatic rings. The highest BCUT2D eigenvalue weighted by atomic mass is 16.6. The molecule has 1 atom stereocenters. The summed E-state index contributed by atoms with van der Waals surface area (Å²) in [5.74, 6) is -1.41. The maximum absolute atomic E-state index is 12.2. The lowest BCUT2D eigenvalue weighted by molar-refractivity contribution is -0.145. The molecule has 9 heteroatoms. The van der Waals surface area contributed by atoms with Crippen molar-refractivity contribution in [1.82, 2.24) is 19.8 Å². The van der Waals surface area contributed by atoms with Crippen molar-refractivity contribution in [2.75, 3.05) is 26.2 Å². The molecule has 1 N–H and O–H groups in total. The Balaban J connectivity index is 2.03. The smallest absolute Gasteiger partial charge is 0.410 e. The lowest BCUT2D eigenvalue weighted by Gasteiger charge is -2.39. The van der Waals surface area contributed by atoms with Gasteiger partial charge in [-0.15, -0.1) is 0 Å². The van der Waals surface area contributed by atoms with Crippen LogP contribution in [0.25, 0.3) is 0 Å². The Hall–Kier alpha value is -2.55. The molecule has 0 radical (unpaired) electrons. The summed E-state index contributed by atoms with van der Waals surface area (Å²) >= 11 is 0. The van der Waals surface area contributed by atoms with Crippen LogP contribution < -0.4 is 0 Å². The number of carboxylic acid groups (broad SMARTS) is 1. The molecule has 1 aliphatic heterocycles. The van der Waals surface area contributed by atoms with Gasteiger partial charge in [-0.05, 0) is 20.8 Å². The molecule has 136 valence electrons. The van der Waals surface area contributed by atoms with Gasteiger partial charge in [-0.25, -0.2) is 9.78 Å². The molecule has 0 spiro atoms. The molecule has 0 aliphatic carbocycles. The number of hydrogen-bond acceptors (Lipinski definition) is 7. The maximum atomic E-state index is 12.2. The number of carbonyl (C=O) groups is 3. The molecule has 1 aromatic heterocycles. The van der Waals surface area contributed by atoms with Crippen molar-refractivity contribution in [3.05, 3.63) is 24.3 Å². The number of amides is 1. The maximum Gasteiger partial charge on any atom is 0.410 e. The summed E-state index contributed by atoms with van der Waals surface area (Å²) < 4.78 is 5.28. The number of carbonyl (C=O) groups excluding carboxylic acids is 2. The van der Waals surface area contributed by atoms with Gasteiger partial charge >= 0.3 is 12.1 Å². The normalized spacial score (nSPS) is 18.7. The lowest BCUT2D eigenvalue weighted by atomic mass is 10.1. The topological polar surface area (TPSA) is 113 Å². The second kappa shape index (κ2) is 7.56. The quantitative estimate of drug-likeness (QED) is 0.788. The van der Waals surface area contributed by atoms with Crippen LogP contribution in [0.5, 0.6) is 0 Å². The molecular formula is C16H22N4O5. The van der Waals surface area contributed by atoms with Crippen LogP contribution in [0.15, 0.2) is 18.6 Å². The third kappa shape index (κ3) is 5.21. The van der Waals surface area contributed by atoms with Crippen LogP contribution in [0.1, 0.15) is 31.3 Å². The van der Waals surface area contributed by atoms with Crippen molar-refractivity contribution in [2.45, 2.75) is 32.4 Å². The minimum atomic E-state index is -1.10. The number of nitrogens with zero attached hydrogens (tertiary/aromatic N) is 4. The molecule has 1 saturated heterocycles. The van der Waals surface area contributed by atoms with Crippen molar-refractivity contribution >= 4 is 17.8 Å². The molecule has 0 bridgehead atoms. The standard InChI is InChI=1S/C16H22N4O5/c1-16(2,3)25-15(24)20-7-6-19(12(9-20)14(22)23)10-13(21)11-8-17-4-5-18-11/h4-5,8,12H,6-7,9-10H2,1-3H3,(H,22,23). The highest BCUT2D eigenvalue weighted by molar-refractivity contribution is 5.95. The highest BCUT2D eigenvalue weighted by Gasteiger charge is 2.36. The van der Waals surface area contributed by atoms with E-state index in [1.54, 1.807) is 20.8 Å². The molecule has 2 heterocycles. The van der Waals surface area contributed by atoms with Gasteiger partial charge in [-0.2, -0.15) is 0 Å². The van der Waals surface area contributed by atoms with Gasteiger partial charge < -0.3 is 14.7 Å². The molecule has 1 unspecified atom stereocenters. The third-order valence-corrected chi connectivity index (χ3v) is 3.62. The predicted octanol–water partition coefficient (Wildman–Crippen LogP) is 0.665. The zero-order valence-electron chi connectivity index (χ0n) is 14.5. The van der Waals surface area contributed by atoms with E-state index < -0.39 is 23.7 Å². The molecule has 1 amide bonds. The summed E-state index contributed by atoms with van der Waals surface area (Å²) in [6.07, 6.45) is 3.65. The van der Waals surface area contributed by atoms with E-state index in [4.69, 9.17) is 4.74 Å². The summed E-state index contributed by atoms with van der Waals surface area (Å²) in [5.41, 5.74) is -0.476. The number of piperazine rings is 1. The van der Waals surface area contributed by atoms with E-state index in [1.165, 1.54) is 28.4 Å². The number of Topliss-reactive ketones (excluding diaryl/α,β-unsaturated/α-hetero) is 1. The summed E-state index contributed by atoms with van der Waals surface area (Å²) in [4.78, 5) is 46.6. The molecule has 2 rings (SSSR count). The number of hydrogen-bond donors (Lipinski definition) is 1. The molecule has 0 aromatic carbocycles. The van der Waals surface area contributed by atoms with Gasteiger partial charge in [0.1, 0.15) is 17.3 Å². The zero-order valence-corrected chi connectivity index (χ0v) is 14.5. The Morgan fingerprint density at radius 3 is 2.56 bits per heavy atom. The van der Waals surface area contributed by atoms with E-state index in [1.807, 2.05) is 0 Å². The molecule has 1 fully saturated rings. The van der Waals surface area contributed by atoms with Crippen LogP contribution in [0.2, 0.25) is 0 Å². The first kappa shape index (κ1) is 18.8. The van der Waals surface area contributed by atoms with Crippen LogP contribution in [0, 0.1) is 0 Å². The molecular weight excluding hydrogens is 328 g/mol. The first-order valence-electron chi connectivity index (χ1n) is 7.91. The van der Waals surface area contributed by atoms with Crippen LogP contribution in [-0.4, -0.2) is 80.5 Å². The van der Waals surface area contributed by atoms with Gasteiger partial charge in [-0.1, -0.05) is 0 Å². The van der Waals surface area contributed by atoms with E-state index in [2.05, 4.69) is 9.97 Å². The SMILES string of the molecule is CC(C)(C)OC(=O)N1CCN(CC(=O)c2cnccn2)C(C(=O)O)C1. The second-order valence-electron chi connectivity index (χ2n) is 6.76. The van der Waals surface area contributed by atoms with Gasteiger partial charge in [0.25, 0.3) is 0 Å². The van der Waals surface area contributed by atoms with E-state index in [0.29, 0.717) is 0 Å². The van der Waals surface area contributed by atoms with Crippen molar-refractivity contribution in [3.8, 4) is 0 Å². The van der Waals surface area contributed by atoms with Gasteiger partial charge in [-0.3, -0.25) is 19.5 Å². The van der Waals surface area contributed by atoms with Crippen LogP contribution in [0.4, 0.5) is 4.79 Å². The van der Waals surface area contributed by atoms with Gasteiger partial charge in [0.2, 0.25) is 0 Å². The fraction of sp³-hybridized carbons (Fsp3) is 0.562. The Kier molecular flexibility index (Phi) is 5.68. The largest absolute Gasteiger partial charge is 0.480 e. The Bertz CT molecular complexity index is 644. The first-order chi connectivity index (χ1) is 11.7. The van der Waals surface area contributed by atoms with E-state index in [0.717, 1.165) is 0 Å². The Labute approximate surface area is 145 Å². The molecule has 1 aliphatic rings. The first-order valence-corrected chi connectivity index (χ1v) is 7.91. The summed E-state index contributed by atoms with van der Waals surface area (Å²) in [5, 5.41) is 9.46. The van der Waals surface area contributed by atoms with Crippen LogP contribution >= 0.6 is 0 Å². The minimum Gasteiger partial charge on any atom is -0.480 e. The molecule has 9 nitrogen and oxygen atoms in total. The van der Waals surface area contributed by atoms with Crippen LogP contribution in [0.3, 0.4) is 0 Å². The van der Waals surface area contributed by atoms with E-state index in [-0.39, 0.29) is 37.7 Å². The number of aromatic nitrogens is 2. The van der Waals surface area contributed by atoms with E-state index in [9.17, 15) is 19.5 Å². The highest BCUT2D eigenvalue weighted by Crippen LogP contribution is 2.15. The zero-order chi connectivity index (χ0) is 18.6. The number of ether oxygens (including phenoxy) is 1. The van der Waals surface area contributed by atoms with Gasteiger partial charge in [0, 0.05) is 25.5 Å². The Morgan fingerprint density at radius 2 is 2.00 bits per heavy atom. The average Bonchev–Trinajstić information content (AvgIpc) is 2.54. The van der Waals surface area contributed by atoms with E-state index >= 15 is 0 Å². The summed E-state index contributed by atoms with van der Waals surface area (Å²) in [6.45, 7) is 5.63. The summed E-state index contributed by atoms with van der Waals surface area (Å²) in [6, 6.07) is -0.984. The molecule has 25 heavy (non-hydrogen) atoms.